The van der Waals surface area contributed by atoms with E-state index in [1.807, 2.05) is 6.92 Å². The standard InChI is InChI=1S/C11H19N3O4S/c1-3-4-9-14(7(6-19-9)10(16)17)11(18)13(2)5-8(12)15/h7,9H,3-6H2,1-2H3,(H2,12,15)(H,16,17). The van der Waals surface area contributed by atoms with Gasteiger partial charge in [0.05, 0.1) is 5.37 Å². The lowest BCUT2D eigenvalue weighted by molar-refractivity contribution is -0.141. The number of amides is 3. The van der Waals surface area contributed by atoms with E-state index < -0.39 is 23.9 Å². The van der Waals surface area contributed by atoms with Crippen molar-refractivity contribution in [1.29, 1.82) is 0 Å². The molecule has 3 amide bonds. The number of rotatable bonds is 5. The van der Waals surface area contributed by atoms with Crippen LogP contribution in [-0.2, 0) is 9.59 Å². The molecule has 1 fully saturated rings. The summed E-state index contributed by atoms with van der Waals surface area (Å²) in [5.74, 6) is -1.27. The first-order valence-electron chi connectivity index (χ1n) is 6.04. The van der Waals surface area contributed by atoms with Gasteiger partial charge in [0, 0.05) is 12.8 Å². The predicted molar refractivity (Wildman–Crippen MR) is 71.6 cm³/mol. The van der Waals surface area contributed by atoms with Crippen molar-refractivity contribution >= 4 is 29.7 Å². The van der Waals surface area contributed by atoms with Crippen LogP contribution in [-0.4, -0.2) is 63.6 Å². The number of urea groups is 1. The minimum Gasteiger partial charge on any atom is -0.480 e. The second kappa shape index (κ2) is 6.65. The Kier molecular flexibility index (Phi) is 5.46. The molecule has 0 spiro atoms. The Bertz CT molecular complexity index is 377. The summed E-state index contributed by atoms with van der Waals surface area (Å²) in [5, 5.41) is 9.01. The quantitative estimate of drug-likeness (QED) is 0.750. The molecule has 19 heavy (non-hydrogen) atoms. The lowest BCUT2D eigenvalue weighted by Gasteiger charge is -2.31. The van der Waals surface area contributed by atoms with Crippen molar-refractivity contribution in [2.45, 2.75) is 31.2 Å². The zero-order chi connectivity index (χ0) is 14.6. The minimum atomic E-state index is -1.02. The van der Waals surface area contributed by atoms with Crippen molar-refractivity contribution < 1.29 is 19.5 Å². The molecule has 0 aliphatic carbocycles. The fourth-order valence-corrected chi connectivity index (χ4v) is 3.49. The average molecular weight is 289 g/mol. The summed E-state index contributed by atoms with van der Waals surface area (Å²) in [7, 11) is 1.44. The first-order chi connectivity index (χ1) is 8.88. The van der Waals surface area contributed by atoms with E-state index in [0.717, 1.165) is 17.7 Å². The Morgan fingerprint density at radius 1 is 1.47 bits per heavy atom. The summed E-state index contributed by atoms with van der Waals surface area (Å²) < 4.78 is 0. The molecule has 3 N–H and O–H groups in total. The first kappa shape index (κ1) is 15.6. The van der Waals surface area contributed by atoms with E-state index in [4.69, 9.17) is 10.8 Å². The zero-order valence-electron chi connectivity index (χ0n) is 11.0. The predicted octanol–water partition coefficient (Wildman–Crippen LogP) is 0.152. The average Bonchev–Trinajstić information content (AvgIpc) is 2.71. The zero-order valence-corrected chi connectivity index (χ0v) is 11.9. The second-order valence-corrected chi connectivity index (χ2v) is 5.65. The van der Waals surface area contributed by atoms with Crippen LogP contribution in [0.15, 0.2) is 0 Å². The molecule has 1 rings (SSSR count). The summed E-state index contributed by atoms with van der Waals surface area (Å²) in [6.45, 7) is 1.76. The van der Waals surface area contributed by atoms with Crippen molar-refractivity contribution in [3.8, 4) is 0 Å². The van der Waals surface area contributed by atoms with Crippen molar-refractivity contribution in [2.75, 3.05) is 19.3 Å². The van der Waals surface area contributed by atoms with Gasteiger partial charge < -0.3 is 15.7 Å². The van der Waals surface area contributed by atoms with Crippen molar-refractivity contribution in [1.82, 2.24) is 9.80 Å². The summed E-state index contributed by atoms with van der Waals surface area (Å²) in [5.41, 5.74) is 5.04. The molecule has 108 valence electrons. The maximum absolute atomic E-state index is 12.2. The Balaban J connectivity index is 2.85. The highest BCUT2D eigenvalue weighted by atomic mass is 32.2. The van der Waals surface area contributed by atoms with Gasteiger partial charge in [-0.25, -0.2) is 9.59 Å². The van der Waals surface area contributed by atoms with Gasteiger partial charge in [0.2, 0.25) is 5.91 Å². The maximum atomic E-state index is 12.2. The van der Waals surface area contributed by atoms with E-state index in [2.05, 4.69) is 0 Å². The number of carbonyl (C=O) groups excluding carboxylic acids is 2. The van der Waals surface area contributed by atoms with Crippen LogP contribution in [0.2, 0.25) is 0 Å². The third kappa shape index (κ3) is 3.76. The first-order valence-corrected chi connectivity index (χ1v) is 7.09. The topological polar surface area (TPSA) is 104 Å². The molecule has 1 aliphatic heterocycles. The van der Waals surface area contributed by atoms with Crippen LogP contribution in [0, 0.1) is 0 Å². The van der Waals surface area contributed by atoms with Crippen LogP contribution in [0.1, 0.15) is 19.8 Å². The number of carboxylic acid groups (broad SMARTS) is 1. The molecule has 2 atom stereocenters. The Morgan fingerprint density at radius 2 is 2.11 bits per heavy atom. The molecule has 0 aromatic rings. The van der Waals surface area contributed by atoms with Crippen molar-refractivity contribution in [3.63, 3.8) is 0 Å². The number of carboxylic acids is 1. The van der Waals surface area contributed by atoms with Crippen LogP contribution in [0.4, 0.5) is 4.79 Å². The van der Waals surface area contributed by atoms with Crippen LogP contribution in [0.25, 0.3) is 0 Å². The number of primary amides is 1. The fourth-order valence-electron chi connectivity index (χ4n) is 1.98. The molecule has 7 nitrogen and oxygen atoms in total. The SMILES string of the molecule is CCCC1SCC(C(=O)O)N1C(=O)N(C)CC(N)=O. The molecule has 0 aromatic carbocycles. The molecule has 0 aromatic heterocycles. The number of carbonyl (C=O) groups is 3. The van der Waals surface area contributed by atoms with E-state index in [1.165, 1.54) is 23.7 Å². The summed E-state index contributed by atoms with van der Waals surface area (Å²) >= 11 is 1.46. The molecular formula is C11H19N3O4S. The molecule has 8 heteroatoms. The molecule has 2 unspecified atom stereocenters. The van der Waals surface area contributed by atoms with Gasteiger partial charge in [-0.1, -0.05) is 13.3 Å². The Labute approximate surface area is 116 Å². The van der Waals surface area contributed by atoms with Crippen LogP contribution in [0.5, 0.6) is 0 Å². The number of nitrogens with zero attached hydrogens (tertiary/aromatic N) is 2. The highest BCUT2D eigenvalue weighted by Gasteiger charge is 2.42. The monoisotopic (exact) mass is 289 g/mol. The molecule has 0 bridgehead atoms. The van der Waals surface area contributed by atoms with Gasteiger partial charge in [0.1, 0.15) is 12.6 Å². The Morgan fingerprint density at radius 3 is 2.58 bits per heavy atom. The van der Waals surface area contributed by atoms with Gasteiger partial charge in [-0.15, -0.1) is 11.8 Å². The van der Waals surface area contributed by atoms with Crippen LogP contribution in [0.3, 0.4) is 0 Å². The highest BCUT2D eigenvalue weighted by Crippen LogP contribution is 2.32. The highest BCUT2D eigenvalue weighted by molar-refractivity contribution is 8.00. The smallest absolute Gasteiger partial charge is 0.327 e. The molecule has 1 saturated heterocycles. The number of nitrogens with two attached hydrogens (primary N) is 1. The largest absolute Gasteiger partial charge is 0.480 e. The van der Waals surface area contributed by atoms with E-state index in [-0.39, 0.29) is 11.9 Å². The van der Waals surface area contributed by atoms with Crippen molar-refractivity contribution in [3.05, 3.63) is 0 Å². The summed E-state index contributed by atoms with van der Waals surface area (Å²) in [6, 6.07) is -1.31. The molecule has 1 heterocycles. The number of likely N-dealkylation sites (N-methyl/N-ethyl adjacent to an activating group) is 1. The summed E-state index contributed by atoms with van der Waals surface area (Å²) in [4.78, 5) is 36.8. The van der Waals surface area contributed by atoms with Crippen LogP contribution < -0.4 is 5.73 Å². The van der Waals surface area contributed by atoms with E-state index >= 15 is 0 Å². The lowest BCUT2D eigenvalue weighted by Crippen LogP contribution is -2.52. The van der Waals surface area contributed by atoms with E-state index in [1.54, 1.807) is 0 Å². The van der Waals surface area contributed by atoms with E-state index in [9.17, 15) is 14.4 Å². The second-order valence-electron chi connectivity index (χ2n) is 4.44. The maximum Gasteiger partial charge on any atom is 0.327 e. The van der Waals surface area contributed by atoms with Crippen molar-refractivity contribution in [2.24, 2.45) is 5.73 Å². The molecule has 1 aliphatic rings. The molecular weight excluding hydrogens is 270 g/mol. The van der Waals surface area contributed by atoms with Gasteiger partial charge in [-0.05, 0) is 6.42 Å². The van der Waals surface area contributed by atoms with Gasteiger partial charge in [-0.3, -0.25) is 9.69 Å². The fraction of sp³-hybridized carbons (Fsp3) is 0.727. The molecule has 0 saturated carbocycles. The minimum absolute atomic E-state index is 0.158. The summed E-state index contributed by atoms with van der Waals surface area (Å²) in [6.07, 6.45) is 1.58. The number of hydrogen-bond donors (Lipinski definition) is 2. The Hall–Kier alpha value is -1.44. The number of hydrogen-bond acceptors (Lipinski definition) is 4. The van der Waals surface area contributed by atoms with Gasteiger partial charge in [0.25, 0.3) is 0 Å². The number of aliphatic carboxylic acids is 1. The number of thioether (sulfide) groups is 1. The van der Waals surface area contributed by atoms with Gasteiger partial charge in [-0.2, -0.15) is 0 Å². The lowest BCUT2D eigenvalue weighted by atomic mass is 10.2. The van der Waals surface area contributed by atoms with Crippen LogP contribution >= 0.6 is 11.8 Å². The van der Waals surface area contributed by atoms with Gasteiger partial charge in [0.15, 0.2) is 0 Å². The van der Waals surface area contributed by atoms with Gasteiger partial charge >= 0.3 is 12.0 Å². The third-order valence-corrected chi connectivity index (χ3v) is 4.21. The third-order valence-electron chi connectivity index (χ3n) is 2.85. The van der Waals surface area contributed by atoms with E-state index in [0.29, 0.717) is 5.75 Å². The normalized spacial score (nSPS) is 22.3. The molecule has 0 radical (unpaired) electrons.